The maximum absolute atomic E-state index is 5.17. The van der Waals surface area contributed by atoms with Crippen molar-refractivity contribution in [2.75, 3.05) is 12.5 Å². The average Bonchev–Trinajstić information content (AvgIpc) is 2.68. The highest BCUT2D eigenvalue weighted by Gasteiger charge is 2.12. The average molecular weight is 361 g/mol. The van der Waals surface area contributed by atoms with Gasteiger partial charge in [-0.25, -0.2) is 10.4 Å². The number of hydrazone groups is 1. The number of aromatic nitrogens is 3. The van der Waals surface area contributed by atoms with E-state index in [9.17, 15) is 0 Å². The first-order valence-electron chi connectivity index (χ1n) is 8.69. The molecule has 27 heavy (non-hydrogen) atoms. The van der Waals surface area contributed by atoms with Crippen molar-refractivity contribution in [3.05, 3.63) is 65.9 Å². The summed E-state index contributed by atoms with van der Waals surface area (Å²) >= 11 is 0. The Morgan fingerprint density at radius 1 is 1.00 bits per heavy atom. The Kier molecular flexibility index (Phi) is 5.45. The van der Waals surface area contributed by atoms with Gasteiger partial charge in [0.2, 0.25) is 0 Å². The van der Waals surface area contributed by atoms with Crippen molar-refractivity contribution in [3.8, 4) is 17.0 Å². The SMILES string of the molecule is COc1ccc(-c2cnnc(N/N=C\c3ccc(C(C)(C)C)cc3)n2)cc1. The van der Waals surface area contributed by atoms with Gasteiger partial charge in [-0.05, 0) is 40.8 Å². The van der Waals surface area contributed by atoms with Crippen molar-refractivity contribution < 1.29 is 4.74 Å². The van der Waals surface area contributed by atoms with Crippen LogP contribution in [0.3, 0.4) is 0 Å². The molecule has 138 valence electrons. The van der Waals surface area contributed by atoms with Gasteiger partial charge in [0.05, 0.1) is 25.2 Å². The monoisotopic (exact) mass is 361 g/mol. The van der Waals surface area contributed by atoms with Gasteiger partial charge in [0.1, 0.15) is 5.75 Å². The molecule has 0 bridgehead atoms. The third-order valence-electron chi connectivity index (χ3n) is 4.10. The van der Waals surface area contributed by atoms with Crippen LogP contribution in [0, 0.1) is 0 Å². The lowest BCUT2D eigenvalue weighted by molar-refractivity contribution is 0.415. The summed E-state index contributed by atoms with van der Waals surface area (Å²) in [4.78, 5) is 4.44. The molecule has 0 amide bonds. The van der Waals surface area contributed by atoms with Gasteiger partial charge in [0.15, 0.2) is 0 Å². The molecule has 0 atom stereocenters. The van der Waals surface area contributed by atoms with Gasteiger partial charge in [-0.2, -0.15) is 10.2 Å². The zero-order chi connectivity index (χ0) is 19.3. The Labute approximate surface area is 159 Å². The third-order valence-corrected chi connectivity index (χ3v) is 4.10. The summed E-state index contributed by atoms with van der Waals surface area (Å²) in [5.41, 5.74) is 6.88. The van der Waals surface area contributed by atoms with E-state index < -0.39 is 0 Å². The van der Waals surface area contributed by atoms with Crippen LogP contribution in [0.4, 0.5) is 5.95 Å². The van der Waals surface area contributed by atoms with E-state index in [0.29, 0.717) is 11.6 Å². The minimum absolute atomic E-state index is 0.134. The van der Waals surface area contributed by atoms with Crippen molar-refractivity contribution >= 4 is 12.2 Å². The lowest BCUT2D eigenvalue weighted by Gasteiger charge is -2.18. The van der Waals surface area contributed by atoms with E-state index in [0.717, 1.165) is 16.9 Å². The standard InChI is InChI=1S/C21H23N5O/c1-21(2,3)17-9-5-15(6-10-17)13-22-25-20-24-19(14-23-26-20)16-7-11-18(27-4)12-8-16/h5-14H,1-4H3,(H,24,25,26)/b22-13-. The van der Waals surface area contributed by atoms with Crippen molar-refractivity contribution in [1.29, 1.82) is 0 Å². The number of benzene rings is 2. The first kappa shape index (κ1) is 18.5. The van der Waals surface area contributed by atoms with Crippen LogP contribution in [0.15, 0.2) is 59.8 Å². The topological polar surface area (TPSA) is 72.3 Å². The fourth-order valence-electron chi connectivity index (χ4n) is 2.49. The first-order valence-corrected chi connectivity index (χ1v) is 8.69. The molecule has 0 saturated carbocycles. The van der Waals surface area contributed by atoms with Crippen LogP contribution < -0.4 is 10.2 Å². The number of hydrogen-bond acceptors (Lipinski definition) is 6. The van der Waals surface area contributed by atoms with Gasteiger partial charge < -0.3 is 4.74 Å². The molecule has 1 heterocycles. The normalized spacial score (nSPS) is 11.6. The van der Waals surface area contributed by atoms with Crippen LogP contribution in [0.5, 0.6) is 5.75 Å². The lowest BCUT2D eigenvalue weighted by Crippen LogP contribution is -2.10. The number of anilines is 1. The highest BCUT2D eigenvalue weighted by molar-refractivity contribution is 5.80. The predicted molar refractivity (Wildman–Crippen MR) is 108 cm³/mol. The van der Waals surface area contributed by atoms with Gasteiger partial charge >= 0.3 is 0 Å². The molecule has 0 radical (unpaired) electrons. The van der Waals surface area contributed by atoms with Crippen LogP contribution in [0.2, 0.25) is 0 Å². The number of ether oxygens (including phenoxy) is 1. The maximum atomic E-state index is 5.17. The lowest BCUT2D eigenvalue weighted by atomic mass is 9.87. The van der Waals surface area contributed by atoms with Crippen molar-refractivity contribution in [2.45, 2.75) is 26.2 Å². The van der Waals surface area contributed by atoms with E-state index in [2.05, 4.69) is 58.6 Å². The minimum atomic E-state index is 0.134. The molecule has 3 aromatic rings. The molecule has 6 heteroatoms. The minimum Gasteiger partial charge on any atom is -0.497 e. The van der Waals surface area contributed by atoms with E-state index >= 15 is 0 Å². The Balaban J connectivity index is 1.68. The molecule has 1 N–H and O–H groups in total. The van der Waals surface area contributed by atoms with E-state index in [1.165, 1.54) is 5.56 Å². The molecule has 3 rings (SSSR count). The summed E-state index contributed by atoms with van der Waals surface area (Å²) < 4.78 is 5.17. The van der Waals surface area contributed by atoms with E-state index in [1.54, 1.807) is 19.5 Å². The first-order chi connectivity index (χ1) is 13.0. The van der Waals surface area contributed by atoms with Gasteiger partial charge in [-0.15, -0.1) is 5.10 Å². The highest BCUT2D eigenvalue weighted by atomic mass is 16.5. The molecule has 0 unspecified atom stereocenters. The predicted octanol–water partition coefficient (Wildman–Crippen LogP) is 4.29. The Bertz CT molecular complexity index is 913. The van der Waals surface area contributed by atoms with Crippen LogP contribution in [0.25, 0.3) is 11.3 Å². The summed E-state index contributed by atoms with van der Waals surface area (Å²) in [7, 11) is 1.64. The molecule has 0 aliphatic rings. The second kappa shape index (κ2) is 7.95. The largest absolute Gasteiger partial charge is 0.497 e. The molecule has 0 fully saturated rings. The summed E-state index contributed by atoms with van der Waals surface area (Å²) in [5.74, 6) is 1.13. The second-order valence-corrected chi connectivity index (χ2v) is 7.14. The molecule has 6 nitrogen and oxygen atoms in total. The summed E-state index contributed by atoms with van der Waals surface area (Å²) in [6.45, 7) is 6.58. The quantitative estimate of drug-likeness (QED) is 0.542. The summed E-state index contributed by atoms with van der Waals surface area (Å²) in [5, 5.41) is 12.2. The van der Waals surface area contributed by atoms with Crippen LogP contribution in [-0.4, -0.2) is 28.5 Å². The molecule has 0 aliphatic carbocycles. The third kappa shape index (κ3) is 4.88. The number of nitrogens with zero attached hydrogens (tertiary/aromatic N) is 4. The van der Waals surface area contributed by atoms with Gasteiger partial charge in [-0.3, -0.25) is 0 Å². The smallest absolute Gasteiger partial charge is 0.263 e. The summed E-state index contributed by atoms with van der Waals surface area (Å²) in [6.07, 6.45) is 3.35. The van der Waals surface area contributed by atoms with Crippen molar-refractivity contribution in [1.82, 2.24) is 15.2 Å². The molecular weight excluding hydrogens is 338 g/mol. The molecule has 2 aromatic carbocycles. The van der Waals surface area contributed by atoms with Crippen LogP contribution in [-0.2, 0) is 5.41 Å². The second-order valence-electron chi connectivity index (χ2n) is 7.14. The van der Waals surface area contributed by atoms with E-state index in [4.69, 9.17) is 4.74 Å². The number of nitrogens with one attached hydrogen (secondary N) is 1. The van der Waals surface area contributed by atoms with Gasteiger partial charge in [0, 0.05) is 5.56 Å². The molecule has 0 spiro atoms. The fourth-order valence-corrected chi connectivity index (χ4v) is 2.49. The Morgan fingerprint density at radius 2 is 1.70 bits per heavy atom. The maximum Gasteiger partial charge on any atom is 0.263 e. The number of methoxy groups -OCH3 is 1. The molecule has 0 saturated heterocycles. The van der Waals surface area contributed by atoms with E-state index in [-0.39, 0.29) is 5.41 Å². The van der Waals surface area contributed by atoms with Gasteiger partial charge in [-0.1, -0.05) is 45.0 Å². The van der Waals surface area contributed by atoms with E-state index in [1.807, 2.05) is 36.4 Å². The molecular formula is C21H23N5O. The number of hydrogen-bond donors (Lipinski definition) is 1. The molecule has 1 aromatic heterocycles. The highest BCUT2D eigenvalue weighted by Crippen LogP contribution is 2.22. The van der Waals surface area contributed by atoms with Gasteiger partial charge in [0.25, 0.3) is 5.95 Å². The zero-order valence-electron chi connectivity index (χ0n) is 16.0. The zero-order valence-corrected chi connectivity index (χ0v) is 16.0. The Hall–Kier alpha value is -3.28. The number of rotatable bonds is 5. The Morgan fingerprint density at radius 3 is 2.33 bits per heavy atom. The van der Waals surface area contributed by atoms with Crippen molar-refractivity contribution in [2.24, 2.45) is 5.10 Å². The summed E-state index contributed by atoms with van der Waals surface area (Å²) in [6, 6.07) is 15.9. The molecule has 0 aliphatic heterocycles. The van der Waals surface area contributed by atoms with Crippen LogP contribution >= 0.6 is 0 Å². The fraction of sp³-hybridized carbons (Fsp3) is 0.238. The van der Waals surface area contributed by atoms with Crippen molar-refractivity contribution in [3.63, 3.8) is 0 Å². The van der Waals surface area contributed by atoms with Crippen LogP contribution in [0.1, 0.15) is 31.9 Å².